The Morgan fingerprint density at radius 2 is 1.72 bits per heavy atom. The Balaban J connectivity index is 1.61. The smallest absolute Gasteiger partial charge is 0.214 e. The number of ether oxygens (including phenoxy) is 1. The van der Waals surface area contributed by atoms with Crippen LogP contribution in [-0.2, 0) is 11.3 Å². The third kappa shape index (κ3) is 3.06. The van der Waals surface area contributed by atoms with Crippen LogP contribution in [0.1, 0.15) is 32.1 Å². The minimum Gasteiger partial charge on any atom is -0.379 e. The van der Waals surface area contributed by atoms with Crippen LogP contribution in [0.3, 0.4) is 0 Å². The average molecular weight is 389 g/mol. The number of imidazole rings is 1. The second kappa shape index (κ2) is 7.31. The maximum Gasteiger partial charge on any atom is 0.214 e. The zero-order valence-corrected chi connectivity index (χ0v) is 15.7. The fraction of sp³-hybridized carbons (Fsp3) is 0.286. The fourth-order valence-electron chi connectivity index (χ4n) is 3.87. The van der Waals surface area contributed by atoms with Crippen LogP contribution in [-0.4, -0.2) is 68.8 Å². The van der Waals surface area contributed by atoms with Crippen molar-refractivity contribution in [2.45, 2.75) is 6.54 Å². The minimum absolute atomic E-state index is 0.181. The number of ketones is 2. The van der Waals surface area contributed by atoms with Gasteiger partial charge in [0.05, 0.1) is 19.4 Å². The van der Waals surface area contributed by atoms with Crippen molar-refractivity contribution in [2.75, 3.05) is 32.8 Å². The number of nitrogens with zero attached hydrogens (tertiary/aromatic N) is 5. The third-order valence-electron chi connectivity index (χ3n) is 5.35. The Morgan fingerprint density at radius 1 is 0.966 bits per heavy atom. The number of aromatic nitrogens is 4. The molecule has 0 radical (unpaired) electrons. The van der Waals surface area contributed by atoms with Gasteiger partial charge in [-0.1, -0.05) is 24.3 Å². The van der Waals surface area contributed by atoms with Crippen molar-refractivity contribution in [2.24, 2.45) is 0 Å². The first-order valence-electron chi connectivity index (χ1n) is 9.59. The van der Waals surface area contributed by atoms with Gasteiger partial charge in [0.15, 0.2) is 5.82 Å². The highest BCUT2D eigenvalue weighted by Gasteiger charge is 2.36. The number of hydrogen-bond acceptors (Lipinski definition) is 7. The van der Waals surface area contributed by atoms with Crippen LogP contribution < -0.4 is 0 Å². The van der Waals surface area contributed by atoms with Crippen molar-refractivity contribution in [3.63, 3.8) is 0 Å². The van der Waals surface area contributed by atoms with E-state index in [2.05, 4.69) is 19.9 Å². The number of benzene rings is 1. The maximum atomic E-state index is 13.3. The van der Waals surface area contributed by atoms with Gasteiger partial charge in [0.2, 0.25) is 11.6 Å². The first-order valence-corrected chi connectivity index (χ1v) is 9.59. The first kappa shape index (κ1) is 17.8. The fourth-order valence-corrected chi connectivity index (χ4v) is 3.87. The molecule has 0 bridgehead atoms. The molecule has 0 unspecified atom stereocenters. The summed E-state index contributed by atoms with van der Waals surface area (Å²) in [5.74, 6) is 0.0798. The van der Waals surface area contributed by atoms with Crippen molar-refractivity contribution >= 4 is 11.6 Å². The molecule has 0 spiro atoms. The Kier molecular flexibility index (Phi) is 4.49. The molecule has 1 fully saturated rings. The van der Waals surface area contributed by atoms with E-state index in [1.165, 1.54) is 0 Å². The van der Waals surface area contributed by atoms with Crippen LogP contribution in [0, 0.1) is 0 Å². The Bertz CT molecular complexity index is 1090. The molecule has 8 nitrogen and oxygen atoms in total. The van der Waals surface area contributed by atoms with Gasteiger partial charge in [0, 0.05) is 49.7 Å². The molecule has 3 aromatic rings. The van der Waals surface area contributed by atoms with Crippen LogP contribution in [0.2, 0.25) is 0 Å². The van der Waals surface area contributed by atoms with Gasteiger partial charge < -0.3 is 9.30 Å². The lowest BCUT2D eigenvalue weighted by Crippen LogP contribution is -2.38. The van der Waals surface area contributed by atoms with Gasteiger partial charge in [-0.2, -0.15) is 0 Å². The largest absolute Gasteiger partial charge is 0.379 e. The topological polar surface area (TPSA) is 90.2 Å². The van der Waals surface area contributed by atoms with Crippen LogP contribution in [0.4, 0.5) is 0 Å². The predicted octanol–water partition coefficient (Wildman–Crippen LogP) is 1.45. The summed E-state index contributed by atoms with van der Waals surface area (Å²) in [6.07, 6.45) is 4.76. The minimum atomic E-state index is -0.231. The van der Waals surface area contributed by atoms with Crippen LogP contribution in [0.25, 0.3) is 11.5 Å². The Morgan fingerprint density at radius 3 is 2.45 bits per heavy atom. The summed E-state index contributed by atoms with van der Waals surface area (Å²) < 4.78 is 7.24. The summed E-state index contributed by atoms with van der Waals surface area (Å²) in [7, 11) is 0. The van der Waals surface area contributed by atoms with E-state index in [4.69, 9.17) is 4.74 Å². The predicted molar refractivity (Wildman–Crippen MR) is 104 cm³/mol. The molecule has 0 saturated carbocycles. The lowest BCUT2D eigenvalue weighted by molar-refractivity contribution is 0.0363. The summed E-state index contributed by atoms with van der Waals surface area (Å²) in [6, 6.07) is 6.90. The van der Waals surface area contributed by atoms with Crippen LogP contribution in [0.5, 0.6) is 0 Å². The van der Waals surface area contributed by atoms with Crippen molar-refractivity contribution in [1.29, 1.82) is 0 Å². The molecule has 0 atom stereocenters. The van der Waals surface area contributed by atoms with Crippen molar-refractivity contribution in [3.8, 4) is 11.5 Å². The molecular weight excluding hydrogens is 370 g/mol. The van der Waals surface area contributed by atoms with Crippen molar-refractivity contribution in [3.05, 3.63) is 65.4 Å². The Hall–Kier alpha value is -3.23. The van der Waals surface area contributed by atoms with E-state index in [1.54, 1.807) is 42.9 Å². The van der Waals surface area contributed by atoms with E-state index >= 15 is 0 Å². The number of morpholine rings is 1. The molecular formula is C21H19N5O3. The highest BCUT2D eigenvalue weighted by molar-refractivity contribution is 6.27. The van der Waals surface area contributed by atoms with E-state index in [-0.39, 0.29) is 17.3 Å². The lowest BCUT2D eigenvalue weighted by atomic mass is 9.90. The summed E-state index contributed by atoms with van der Waals surface area (Å²) in [5, 5.41) is 0. The molecule has 1 aromatic carbocycles. The van der Waals surface area contributed by atoms with Crippen molar-refractivity contribution < 1.29 is 14.3 Å². The molecule has 8 heteroatoms. The van der Waals surface area contributed by atoms with Gasteiger partial charge in [-0.3, -0.25) is 19.5 Å². The van der Waals surface area contributed by atoms with Gasteiger partial charge in [0.25, 0.3) is 0 Å². The molecule has 1 saturated heterocycles. The van der Waals surface area contributed by atoms with E-state index in [9.17, 15) is 9.59 Å². The summed E-state index contributed by atoms with van der Waals surface area (Å²) in [6.45, 7) is 4.33. The Labute approximate surface area is 167 Å². The summed E-state index contributed by atoms with van der Waals surface area (Å²) in [4.78, 5) is 41.7. The number of carbonyl (C=O) groups excluding carboxylic acids is 2. The molecule has 0 N–H and O–H groups in total. The van der Waals surface area contributed by atoms with Gasteiger partial charge >= 0.3 is 0 Å². The first-order chi connectivity index (χ1) is 14.2. The monoisotopic (exact) mass is 389 g/mol. The lowest BCUT2D eigenvalue weighted by Gasteiger charge is -2.27. The van der Waals surface area contributed by atoms with E-state index in [1.807, 2.05) is 4.57 Å². The molecule has 2 aliphatic rings. The zero-order chi connectivity index (χ0) is 19.8. The van der Waals surface area contributed by atoms with E-state index in [0.29, 0.717) is 48.1 Å². The van der Waals surface area contributed by atoms with Gasteiger partial charge in [-0.25, -0.2) is 9.97 Å². The standard InChI is InChI=1S/C21H19N5O3/c27-19-14-3-1-2-4-15(14)20(28)18-17(19)24-21(16-13-22-5-6-23-16)26(18)8-7-25-9-11-29-12-10-25/h1-6,13H,7-12H2. The second-order valence-corrected chi connectivity index (χ2v) is 7.03. The van der Waals surface area contributed by atoms with Gasteiger partial charge in [0.1, 0.15) is 17.1 Å². The quantitative estimate of drug-likeness (QED) is 0.522. The van der Waals surface area contributed by atoms with Crippen molar-refractivity contribution in [1.82, 2.24) is 24.4 Å². The van der Waals surface area contributed by atoms with E-state index < -0.39 is 0 Å². The molecule has 146 valence electrons. The average Bonchev–Trinajstić information content (AvgIpc) is 3.17. The molecule has 3 heterocycles. The highest BCUT2D eigenvalue weighted by Crippen LogP contribution is 2.30. The third-order valence-corrected chi connectivity index (χ3v) is 5.35. The van der Waals surface area contributed by atoms with Gasteiger partial charge in [-0.15, -0.1) is 0 Å². The van der Waals surface area contributed by atoms with Crippen LogP contribution >= 0.6 is 0 Å². The SMILES string of the molecule is O=C1c2ccccc2C(=O)c2c1nc(-c1cnccn1)n2CCN1CCOCC1. The van der Waals surface area contributed by atoms with Crippen LogP contribution in [0.15, 0.2) is 42.9 Å². The molecule has 2 aromatic heterocycles. The van der Waals surface area contributed by atoms with Gasteiger partial charge in [-0.05, 0) is 0 Å². The molecule has 0 amide bonds. The molecule has 29 heavy (non-hydrogen) atoms. The zero-order valence-electron chi connectivity index (χ0n) is 15.7. The number of rotatable bonds is 4. The molecule has 1 aliphatic heterocycles. The van der Waals surface area contributed by atoms with E-state index in [0.717, 1.165) is 19.6 Å². The number of fused-ring (bicyclic) bond motifs is 2. The maximum absolute atomic E-state index is 13.3. The second-order valence-electron chi connectivity index (χ2n) is 7.03. The molecule has 5 rings (SSSR count). The molecule has 1 aliphatic carbocycles. The summed E-state index contributed by atoms with van der Waals surface area (Å²) in [5.41, 5.74) is 1.88. The normalized spacial score (nSPS) is 16.6. The number of hydrogen-bond donors (Lipinski definition) is 0. The number of carbonyl (C=O) groups is 2. The summed E-state index contributed by atoms with van der Waals surface area (Å²) >= 11 is 0. The highest BCUT2D eigenvalue weighted by atomic mass is 16.5.